The molecule has 1 atom stereocenters. The molecule has 4 nitrogen and oxygen atoms in total. The van der Waals surface area contributed by atoms with E-state index >= 15 is 0 Å². The molecule has 6 heteroatoms. The Morgan fingerprint density at radius 1 is 1.21 bits per heavy atom. The molecule has 150 valence electrons. The number of urea groups is 1. The van der Waals surface area contributed by atoms with Crippen molar-refractivity contribution in [3.05, 3.63) is 68.8 Å². The number of benzene rings is 1. The third-order valence-electron chi connectivity index (χ3n) is 6.03. The number of aryl methyl sites for hydroxylation is 1. The largest absolute Gasteiger partial charge is 0.322 e. The predicted molar refractivity (Wildman–Crippen MR) is 122 cm³/mol. The fourth-order valence-electron chi connectivity index (χ4n) is 4.67. The van der Waals surface area contributed by atoms with E-state index < -0.39 is 0 Å². The van der Waals surface area contributed by atoms with E-state index in [2.05, 4.69) is 51.1 Å². The standard InChI is InChI=1S/C23H24BrN3OS/c1-2-19-20-10-6-12-26(20)22-18(17-9-3-4-11-21(17)29-22)14-27(19)23(28)25-16-8-5-7-15(24)13-16/h5-8,10,12-13,19H,2-4,9,11,14H2,1H3,(H,25,28)/t19-/m1/s1. The molecule has 0 spiro atoms. The van der Waals surface area contributed by atoms with Crippen LogP contribution >= 0.6 is 27.3 Å². The Morgan fingerprint density at radius 3 is 2.90 bits per heavy atom. The number of hydrogen-bond acceptors (Lipinski definition) is 2. The summed E-state index contributed by atoms with van der Waals surface area (Å²) < 4.78 is 3.29. The Morgan fingerprint density at radius 2 is 2.07 bits per heavy atom. The summed E-state index contributed by atoms with van der Waals surface area (Å²) in [7, 11) is 0. The fraction of sp³-hybridized carbons (Fsp3) is 0.348. The van der Waals surface area contributed by atoms with Gasteiger partial charge in [0.15, 0.2) is 0 Å². The first kappa shape index (κ1) is 18.9. The SMILES string of the molecule is CC[C@@H]1c2cccn2-c2sc3c(c2CN1C(=O)Nc1cccc(Br)c1)CCCC3. The van der Waals surface area contributed by atoms with E-state index in [4.69, 9.17) is 0 Å². The highest BCUT2D eigenvalue weighted by Gasteiger charge is 2.34. The van der Waals surface area contributed by atoms with Crippen molar-refractivity contribution in [1.82, 2.24) is 9.47 Å². The number of carbonyl (C=O) groups is 1. The van der Waals surface area contributed by atoms with Crippen LogP contribution in [-0.4, -0.2) is 15.5 Å². The minimum Gasteiger partial charge on any atom is -0.312 e. The Bertz CT molecular complexity index is 1070. The van der Waals surface area contributed by atoms with Gasteiger partial charge in [0.05, 0.1) is 12.6 Å². The van der Waals surface area contributed by atoms with Crippen LogP contribution in [0.15, 0.2) is 47.1 Å². The molecule has 1 aliphatic carbocycles. The van der Waals surface area contributed by atoms with Crippen molar-refractivity contribution >= 4 is 39.0 Å². The van der Waals surface area contributed by atoms with Crippen LogP contribution in [0.3, 0.4) is 0 Å². The number of amides is 2. The molecule has 2 amide bonds. The van der Waals surface area contributed by atoms with E-state index in [1.54, 1.807) is 0 Å². The normalized spacial score (nSPS) is 17.9. The lowest BCUT2D eigenvalue weighted by Gasteiger charge is -2.30. The molecule has 0 radical (unpaired) electrons. The van der Waals surface area contributed by atoms with Crippen molar-refractivity contribution in [2.75, 3.05) is 5.32 Å². The van der Waals surface area contributed by atoms with Gasteiger partial charge >= 0.3 is 6.03 Å². The maximum absolute atomic E-state index is 13.4. The van der Waals surface area contributed by atoms with Crippen LogP contribution in [0.25, 0.3) is 5.00 Å². The number of hydrogen-bond donors (Lipinski definition) is 1. The van der Waals surface area contributed by atoms with E-state index in [-0.39, 0.29) is 12.1 Å². The Balaban J connectivity index is 1.57. The minimum atomic E-state index is -0.0358. The van der Waals surface area contributed by atoms with Crippen LogP contribution in [0.2, 0.25) is 0 Å². The third kappa shape index (κ3) is 3.32. The molecule has 0 saturated carbocycles. The predicted octanol–water partition coefficient (Wildman–Crippen LogP) is 6.68. The van der Waals surface area contributed by atoms with E-state index in [0.717, 1.165) is 23.0 Å². The van der Waals surface area contributed by atoms with Gasteiger partial charge in [-0.25, -0.2) is 4.79 Å². The molecule has 0 fully saturated rings. The highest BCUT2D eigenvalue weighted by Crippen LogP contribution is 2.43. The van der Waals surface area contributed by atoms with E-state index in [1.165, 1.54) is 46.0 Å². The van der Waals surface area contributed by atoms with Crippen molar-refractivity contribution in [2.24, 2.45) is 0 Å². The fourth-order valence-corrected chi connectivity index (χ4v) is 6.47. The van der Waals surface area contributed by atoms with Gasteiger partial charge in [0, 0.05) is 32.5 Å². The lowest BCUT2D eigenvalue weighted by atomic mass is 9.95. The molecule has 2 aliphatic rings. The van der Waals surface area contributed by atoms with Crippen molar-refractivity contribution in [1.29, 1.82) is 0 Å². The van der Waals surface area contributed by atoms with Gasteiger partial charge in [-0.05, 0) is 68.0 Å². The van der Waals surface area contributed by atoms with Gasteiger partial charge in [-0.15, -0.1) is 11.3 Å². The number of halogens is 1. The lowest BCUT2D eigenvalue weighted by Crippen LogP contribution is -2.37. The Kier molecular flexibility index (Phi) is 5.00. The molecular formula is C23H24BrN3OS. The quantitative estimate of drug-likeness (QED) is 0.446. The number of nitrogens with one attached hydrogen (secondary N) is 1. The highest BCUT2D eigenvalue weighted by atomic mass is 79.9. The van der Waals surface area contributed by atoms with Crippen molar-refractivity contribution in [3.8, 4) is 5.00 Å². The molecule has 1 N–H and O–H groups in total. The van der Waals surface area contributed by atoms with Gasteiger partial charge in [-0.1, -0.05) is 28.9 Å². The first-order valence-electron chi connectivity index (χ1n) is 10.3. The van der Waals surface area contributed by atoms with Gasteiger partial charge in [-0.3, -0.25) is 0 Å². The second-order valence-electron chi connectivity index (χ2n) is 7.79. The van der Waals surface area contributed by atoms with Crippen LogP contribution in [0.4, 0.5) is 10.5 Å². The summed E-state index contributed by atoms with van der Waals surface area (Å²) in [5.41, 5.74) is 4.86. The second-order valence-corrected chi connectivity index (χ2v) is 9.79. The second kappa shape index (κ2) is 7.65. The molecule has 3 aromatic rings. The molecule has 1 aromatic carbocycles. The van der Waals surface area contributed by atoms with Gasteiger partial charge in [0.25, 0.3) is 0 Å². The summed E-state index contributed by atoms with van der Waals surface area (Å²) in [5.74, 6) is 0. The summed E-state index contributed by atoms with van der Waals surface area (Å²) in [5, 5.41) is 4.43. The number of thiophene rings is 1. The van der Waals surface area contributed by atoms with Crippen LogP contribution in [-0.2, 0) is 19.4 Å². The molecule has 5 rings (SSSR count). The maximum atomic E-state index is 13.4. The average Bonchev–Trinajstić information content (AvgIpc) is 3.30. The van der Waals surface area contributed by atoms with Gasteiger partial charge in [0.1, 0.15) is 5.00 Å². The monoisotopic (exact) mass is 469 g/mol. The zero-order chi connectivity index (χ0) is 20.0. The van der Waals surface area contributed by atoms with Crippen LogP contribution < -0.4 is 5.32 Å². The van der Waals surface area contributed by atoms with E-state index in [9.17, 15) is 4.79 Å². The molecule has 0 saturated heterocycles. The first-order valence-corrected chi connectivity index (χ1v) is 11.9. The molecule has 3 heterocycles. The Labute approximate surface area is 183 Å². The molecule has 29 heavy (non-hydrogen) atoms. The number of rotatable bonds is 2. The first-order chi connectivity index (χ1) is 14.2. The van der Waals surface area contributed by atoms with Crippen molar-refractivity contribution in [2.45, 2.75) is 51.6 Å². The summed E-state index contributed by atoms with van der Waals surface area (Å²) in [6.07, 6.45) is 7.87. The zero-order valence-electron chi connectivity index (χ0n) is 16.5. The molecule has 2 aromatic heterocycles. The third-order valence-corrected chi connectivity index (χ3v) is 7.85. The topological polar surface area (TPSA) is 37.3 Å². The number of carbonyl (C=O) groups excluding carboxylic acids is 1. The Hall–Kier alpha value is -2.05. The number of aromatic nitrogens is 1. The van der Waals surface area contributed by atoms with E-state index in [1.807, 2.05) is 40.5 Å². The van der Waals surface area contributed by atoms with Crippen molar-refractivity contribution < 1.29 is 4.79 Å². The van der Waals surface area contributed by atoms with Crippen LogP contribution in [0, 0.1) is 0 Å². The zero-order valence-corrected chi connectivity index (χ0v) is 18.9. The molecular weight excluding hydrogens is 446 g/mol. The van der Waals surface area contributed by atoms with E-state index in [0.29, 0.717) is 6.54 Å². The number of anilines is 1. The summed E-state index contributed by atoms with van der Waals surface area (Å²) in [6, 6.07) is 12.1. The molecule has 0 bridgehead atoms. The molecule has 1 aliphatic heterocycles. The lowest BCUT2D eigenvalue weighted by molar-refractivity contribution is 0.181. The smallest absolute Gasteiger partial charge is 0.312 e. The number of fused-ring (bicyclic) bond motifs is 5. The van der Waals surface area contributed by atoms with Gasteiger partial charge < -0.3 is 14.8 Å². The summed E-state index contributed by atoms with van der Waals surface area (Å²) in [4.78, 5) is 17.0. The summed E-state index contributed by atoms with van der Waals surface area (Å²) >= 11 is 5.42. The van der Waals surface area contributed by atoms with Crippen molar-refractivity contribution in [3.63, 3.8) is 0 Å². The minimum absolute atomic E-state index is 0.0358. The summed E-state index contributed by atoms with van der Waals surface area (Å²) in [6.45, 7) is 2.83. The van der Waals surface area contributed by atoms with Gasteiger partial charge in [0.2, 0.25) is 0 Å². The average molecular weight is 470 g/mol. The van der Waals surface area contributed by atoms with Crippen LogP contribution in [0.1, 0.15) is 53.9 Å². The van der Waals surface area contributed by atoms with Crippen LogP contribution in [0.5, 0.6) is 0 Å². The maximum Gasteiger partial charge on any atom is 0.322 e. The van der Waals surface area contributed by atoms with Gasteiger partial charge in [-0.2, -0.15) is 0 Å². The molecule has 0 unspecified atom stereocenters. The highest BCUT2D eigenvalue weighted by molar-refractivity contribution is 9.10. The number of nitrogens with zero attached hydrogens (tertiary/aromatic N) is 2.